The van der Waals surface area contributed by atoms with E-state index in [9.17, 15) is 9.59 Å². The van der Waals surface area contributed by atoms with Crippen molar-refractivity contribution in [1.29, 1.82) is 0 Å². The van der Waals surface area contributed by atoms with Crippen molar-refractivity contribution in [3.63, 3.8) is 0 Å². The number of furan rings is 1. The van der Waals surface area contributed by atoms with E-state index in [1.807, 2.05) is 36.4 Å². The highest BCUT2D eigenvalue weighted by atomic mass is 79.9. The van der Waals surface area contributed by atoms with Crippen molar-refractivity contribution >= 4 is 61.6 Å². The van der Waals surface area contributed by atoms with Crippen LogP contribution in [0.25, 0.3) is 33.5 Å². The topological polar surface area (TPSA) is 105 Å². The number of benzene rings is 3. The monoisotopic (exact) mass is 623 g/mol. The Balaban J connectivity index is 1.64. The maximum Gasteiger partial charge on any atom is 0.346 e. The van der Waals surface area contributed by atoms with Gasteiger partial charge in [-0.15, -0.1) is 0 Å². The van der Waals surface area contributed by atoms with Gasteiger partial charge in [0, 0.05) is 15.4 Å². The van der Waals surface area contributed by atoms with Gasteiger partial charge in [0.2, 0.25) is 5.82 Å². The van der Waals surface area contributed by atoms with E-state index in [-0.39, 0.29) is 27.9 Å². The third kappa shape index (κ3) is 5.20. The number of para-hydroxylation sites is 2. The first kappa shape index (κ1) is 27.4. The minimum Gasteiger partial charge on any atom is -0.490 e. The number of rotatable bonds is 8. The summed E-state index contributed by atoms with van der Waals surface area (Å²) in [6.07, 6.45) is 0.525. The summed E-state index contributed by atoms with van der Waals surface area (Å²) in [4.78, 5) is 30.2. The lowest BCUT2D eigenvalue weighted by atomic mass is 10.2. The highest BCUT2D eigenvalue weighted by molar-refractivity contribution is 9.10. The molecular formula is C29H23BrClN3O6. The van der Waals surface area contributed by atoms with Crippen molar-refractivity contribution in [1.82, 2.24) is 9.66 Å². The third-order valence-corrected chi connectivity index (χ3v) is 7.44. The van der Waals surface area contributed by atoms with Crippen molar-refractivity contribution in [2.45, 2.75) is 20.0 Å². The van der Waals surface area contributed by atoms with Gasteiger partial charge in [0.1, 0.15) is 10.6 Å². The van der Waals surface area contributed by atoms with E-state index >= 15 is 0 Å². The van der Waals surface area contributed by atoms with E-state index in [4.69, 9.17) is 35.2 Å². The Hall–Kier alpha value is -4.15. The minimum atomic E-state index is -0.929. The number of aromatic nitrogens is 2. The van der Waals surface area contributed by atoms with E-state index in [1.165, 1.54) is 18.0 Å². The summed E-state index contributed by atoms with van der Waals surface area (Å²) in [5.74, 6) is 0.498. The van der Waals surface area contributed by atoms with Gasteiger partial charge < -0.3 is 18.6 Å². The molecule has 0 aliphatic rings. The van der Waals surface area contributed by atoms with Gasteiger partial charge in [0.25, 0.3) is 5.56 Å². The van der Waals surface area contributed by atoms with Gasteiger partial charge in [-0.1, -0.05) is 41.9 Å². The maximum absolute atomic E-state index is 13.6. The molecule has 0 amide bonds. The summed E-state index contributed by atoms with van der Waals surface area (Å²) in [5, 5.41) is 5.92. The van der Waals surface area contributed by atoms with Gasteiger partial charge in [-0.3, -0.25) is 4.79 Å². The fourth-order valence-corrected chi connectivity index (χ4v) is 4.71. The Labute approximate surface area is 242 Å². The number of carbonyl (C=O) groups is 1. The first-order chi connectivity index (χ1) is 19.3. The molecule has 0 bridgehead atoms. The Morgan fingerprint density at radius 3 is 2.70 bits per heavy atom. The van der Waals surface area contributed by atoms with Gasteiger partial charge >= 0.3 is 5.97 Å². The largest absolute Gasteiger partial charge is 0.490 e. The van der Waals surface area contributed by atoms with Crippen molar-refractivity contribution in [3.8, 4) is 23.1 Å². The molecule has 11 heteroatoms. The molecule has 40 heavy (non-hydrogen) atoms. The maximum atomic E-state index is 13.6. The summed E-state index contributed by atoms with van der Waals surface area (Å²) < 4.78 is 23.9. The zero-order valence-electron chi connectivity index (χ0n) is 21.7. The number of hydrogen-bond donors (Lipinski definition) is 0. The van der Waals surface area contributed by atoms with Crippen LogP contribution in [-0.4, -0.2) is 41.7 Å². The Morgan fingerprint density at radius 2 is 1.95 bits per heavy atom. The zero-order valence-corrected chi connectivity index (χ0v) is 24.0. The van der Waals surface area contributed by atoms with Crippen LogP contribution >= 0.6 is 27.5 Å². The van der Waals surface area contributed by atoms with Gasteiger partial charge in [0.15, 0.2) is 23.4 Å². The van der Waals surface area contributed by atoms with Gasteiger partial charge in [0.05, 0.1) is 30.8 Å². The number of methoxy groups -OCH3 is 1. The van der Waals surface area contributed by atoms with Crippen molar-refractivity contribution in [3.05, 3.63) is 86.1 Å². The Morgan fingerprint density at radius 1 is 1.20 bits per heavy atom. The molecule has 0 aliphatic carbocycles. The van der Waals surface area contributed by atoms with Crippen LogP contribution in [0.15, 0.2) is 79.4 Å². The van der Waals surface area contributed by atoms with E-state index in [1.54, 1.807) is 38.1 Å². The first-order valence-electron chi connectivity index (χ1n) is 12.3. The lowest BCUT2D eigenvalue weighted by Gasteiger charge is -2.18. The molecule has 0 N–H and O–H groups in total. The van der Waals surface area contributed by atoms with Crippen LogP contribution in [0.3, 0.4) is 0 Å². The summed E-state index contributed by atoms with van der Waals surface area (Å²) in [7, 11) is 1.27. The van der Waals surface area contributed by atoms with Gasteiger partial charge in [-0.2, -0.15) is 9.78 Å². The van der Waals surface area contributed by atoms with E-state index in [0.717, 1.165) is 5.39 Å². The molecule has 3 aromatic carbocycles. The van der Waals surface area contributed by atoms with E-state index in [0.29, 0.717) is 38.9 Å². The Bertz CT molecular complexity index is 1800. The molecule has 0 unspecified atom stereocenters. The highest BCUT2D eigenvalue weighted by Crippen LogP contribution is 2.43. The van der Waals surface area contributed by atoms with Gasteiger partial charge in [-0.05, 0) is 60.1 Å². The van der Waals surface area contributed by atoms with Gasteiger partial charge in [-0.25, -0.2) is 9.78 Å². The predicted molar refractivity (Wildman–Crippen MR) is 157 cm³/mol. The van der Waals surface area contributed by atoms with Crippen LogP contribution in [0, 0.1) is 0 Å². The van der Waals surface area contributed by atoms with Crippen molar-refractivity contribution < 1.29 is 23.4 Å². The SMILES string of the molecule is CCOc1cc(C=Nn2c(-c3cc4ccccc4o3)nc3ccccc3c2=O)c(Br)c(Cl)c1O[C@@H](C)C(=O)OC. The smallest absolute Gasteiger partial charge is 0.346 e. The average Bonchev–Trinajstić information content (AvgIpc) is 3.40. The summed E-state index contributed by atoms with van der Waals surface area (Å²) in [6.45, 7) is 3.65. The van der Waals surface area contributed by atoms with E-state index < -0.39 is 12.1 Å². The Kier molecular flexibility index (Phi) is 7.90. The second-order valence-corrected chi connectivity index (χ2v) is 9.77. The molecule has 0 spiro atoms. The molecule has 2 heterocycles. The summed E-state index contributed by atoms with van der Waals surface area (Å²) in [5.41, 5.74) is 1.28. The molecule has 204 valence electrons. The standard InChI is InChI=1S/C29H23BrClN3O6/c1-4-38-22-14-18(24(30)25(31)26(22)39-16(2)29(36)37-3)15-32-34-27(23-13-17-9-5-8-12-21(17)40-23)33-20-11-7-6-10-19(20)28(34)35/h5-16H,4H2,1-3H3/t16-/m0/s1. The quantitative estimate of drug-likeness (QED) is 0.144. The van der Waals surface area contributed by atoms with Crippen LogP contribution in [0.4, 0.5) is 0 Å². The zero-order chi connectivity index (χ0) is 28.4. The summed E-state index contributed by atoms with van der Waals surface area (Å²) >= 11 is 10.1. The van der Waals surface area contributed by atoms with Crippen LogP contribution in [0.5, 0.6) is 11.5 Å². The molecular weight excluding hydrogens is 602 g/mol. The van der Waals surface area contributed by atoms with Crippen LogP contribution in [-0.2, 0) is 9.53 Å². The molecule has 0 saturated heterocycles. The number of ether oxygens (including phenoxy) is 3. The molecule has 5 aromatic rings. The van der Waals surface area contributed by atoms with Crippen LogP contribution < -0.4 is 15.0 Å². The fourth-order valence-electron chi connectivity index (χ4n) is 4.06. The minimum absolute atomic E-state index is 0.157. The second kappa shape index (κ2) is 11.5. The number of hydrogen-bond acceptors (Lipinski definition) is 8. The normalized spacial score (nSPS) is 12.2. The molecule has 0 saturated carbocycles. The molecule has 0 fully saturated rings. The number of fused-ring (bicyclic) bond motifs is 2. The van der Waals surface area contributed by atoms with E-state index in [2.05, 4.69) is 21.0 Å². The lowest BCUT2D eigenvalue weighted by Crippen LogP contribution is -2.25. The summed E-state index contributed by atoms with van der Waals surface area (Å²) in [6, 6.07) is 18.0. The number of halogens is 2. The lowest BCUT2D eigenvalue weighted by molar-refractivity contribution is -0.147. The molecule has 0 aliphatic heterocycles. The van der Waals surface area contributed by atoms with Crippen molar-refractivity contribution in [2.75, 3.05) is 13.7 Å². The molecule has 0 radical (unpaired) electrons. The number of carbonyl (C=O) groups excluding carboxylic acids is 1. The van der Waals surface area contributed by atoms with Crippen LogP contribution in [0.1, 0.15) is 19.4 Å². The second-order valence-electron chi connectivity index (χ2n) is 8.60. The average molecular weight is 625 g/mol. The van der Waals surface area contributed by atoms with Crippen molar-refractivity contribution in [2.24, 2.45) is 5.10 Å². The molecule has 5 rings (SSSR count). The number of esters is 1. The molecule has 9 nitrogen and oxygen atoms in total. The van der Waals surface area contributed by atoms with Crippen LogP contribution in [0.2, 0.25) is 5.02 Å². The molecule has 2 aromatic heterocycles. The predicted octanol–water partition coefficient (Wildman–Crippen LogP) is 6.45. The highest BCUT2D eigenvalue weighted by Gasteiger charge is 2.23. The molecule has 1 atom stereocenters. The fraction of sp³-hybridized carbons (Fsp3) is 0.172. The number of nitrogens with zero attached hydrogens (tertiary/aromatic N) is 3. The third-order valence-electron chi connectivity index (χ3n) is 6.00. The first-order valence-corrected chi connectivity index (χ1v) is 13.4.